The first-order chi connectivity index (χ1) is 8.13. The normalized spacial score (nSPS) is 15.7. The molecule has 0 radical (unpaired) electrons. The summed E-state index contributed by atoms with van der Waals surface area (Å²) in [5.41, 5.74) is 0.799. The number of amides is 1. The molecule has 3 nitrogen and oxygen atoms in total. The number of nitrogens with zero attached hydrogens (tertiary/aromatic N) is 2. The second kappa shape index (κ2) is 5.25. The minimum Gasteiger partial charge on any atom is -0.342 e. The molecule has 4 heteroatoms. The van der Waals surface area contributed by atoms with Crippen LogP contribution in [0.15, 0.2) is 16.7 Å². The Morgan fingerprint density at radius 1 is 1.59 bits per heavy atom. The molecule has 0 saturated heterocycles. The first kappa shape index (κ1) is 12.7. The maximum absolute atomic E-state index is 12.4. The van der Waals surface area contributed by atoms with Gasteiger partial charge in [0.2, 0.25) is 0 Å². The van der Waals surface area contributed by atoms with E-state index in [2.05, 4.69) is 22.9 Å². The highest BCUT2D eigenvalue weighted by Crippen LogP contribution is 2.26. The zero-order chi connectivity index (χ0) is 12.4. The third kappa shape index (κ3) is 2.57. The van der Waals surface area contributed by atoms with Crippen molar-refractivity contribution in [1.29, 1.82) is 0 Å². The average Bonchev–Trinajstić information content (AvgIpc) is 2.56. The Labute approximate surface area is 111 Å². The van der Waals surface area contributed by atoms with Crippen LogP contribution in [0.25, 0.3) is 0 Å². The van der Waals surface area contributed by atoms with Crippen molar-refractivity contribution < 1.29 is 4.79 Å². The average molecular weight is 299 g/mol. The molecular weight excluding hydrogens is 280 g/mol. The summed E-state index contributed by atoms with van der Waals surface area (Å²) in [5.74, 6) is 0.147. The molecule has 94 valence electrons. The van der Waals surface area contributed by atoms with Gasteiger partial charge in [0.15, 0.2) is 0 Å². The molecule has 0 aromatic carbocycles. The molecule has 1 saturated carbocycles. The molecule has 0 atom stereocenters. The maximum Gasteiger partial charge on any atom is 0.270 e. The molecule has 1 fully saturated rings. The van der Waals surface area contributed by atoms with Gasteiger partial charge in [-0.15, -0.1) is 0 Å². The van der Waals surface area contributed by atoms with Crippen molar-refractivity contribution in [2.45, 2.75) is 45.2 Å². The summed E-state index contributed by atoms with van der Waals surface area (Å²) in [4.78, 5) is 14.3. The second-order valence-electron chi connectivity index (χ2n) is 4.74. The summed E-state index contributed by atoms with van der Waals surface area (Å²) >= 11 is 3.45. The van der Waals surface area contributed by atoms with Crippen LogP contribution in [0.2, 0.25) is 0 Å². The molecule has 0 N–H and O–H groups in total. The van der Waals surface area contributed by atoms with Crippen molar-refractivity contribution in [3.05, 3.63) is 22.4 Å². The van der Waals surface area contributed by atoms with Crippen LogP contribution in [0, 0.1) is 0 Å². The van der Waals surface area contributed by atoms with Gasteiger partial charge in [0.1, 0.15) is 5.69 Å². The van der Waals surface area contributed by atoms with E-state index < -0.39 is 0 Å². The van der Waals surface area contributed by atoms with E-state index in [4.69, 9.17) is 0 Å². The Bertz CT molecular complexity index is 410. The van der Waals surface area contributed by atoms with Gasteiger partial charge in [-0.3, -0.25) is 4.79 Å². The number of carbonyl (C=O) groups is 1. The van der Waals surface area contributed by atoms with Crippen LogP contribution in [0.5, 0.6) is 0 Å². The minimum absolute atomic E-state index is 0.147. The molecule has 1 aromatic heterocycles. The van der Waals surface area contributed by atoms with Gasteiger partial charge in [0.25, 0.3) is 5.91 Å². The molecule has 1 aliphatic rings. The number of hydrogen-bond donors (Lipinski definition) is 0. The molecular formula is C13H19BrN2O. The largest absolute Gasteiger partial charge is 0.342 e. The van der Waals surface area contributed by atoms with Crippen molar-refractivity contribution in [3.8, 4) is 0 Å². The third-order valence-corrected chi connectivity index (χ3v) is 3.92. The second-order valence-corrected chi connectivity index (χ2v) is 5.65. The number of halogens is 1. The summed E-state index contributed by atoms with van der Waals surface area (Å²) in [7, 11) is 1.92. The van der Waals surface area contributed by atoms with Crippen LogP contribution < -0.4 is 0 Å². The quantitative estimate of drug-likeness (QED) is 0.837. The third-order valence-electron chi connectivity index (χ3n) is 3.49. The van der Waals surface area contributed by atoms with Gasteiger partial charge >= 0.3 is 0 Å². The van der Waals surface area contributed by atoms with Crippen LogP contribution in [-0.4, -0.2) is 28.5 Å². The van der Waals surface area contributed by atoms with E-state index in [0.717, 1.165) is 36.0 Å². The molecule has 1 amide bonds. The Morgan fingerprint density at radius 3 is 2.82 bits per heavy atom. The van der Waals surface area contributed by atoms with Gasteiger partial charge in [-0.1, -0.05) is 6.92 Å². The summed E-state index contributed by atoms with van der Waals surface area (Å²) in [5, 5.41) is 0. The fourth-order valence-corrected chi connectivity index (χ4v) is 2.66. The molecule has 1 aromatic rings. The van der Waals surface area contributed by atoms with Gasteiger partial charge in [0.05, 0.1) is 0 Å². The Kier molecular flexibility index (Phi) is 3.92. The van der Waals surface area contributed by atoms with Crippen LogP contribution in [0.4, 0.5) is 0 Å². The van der Waals surface area contributed by atoms with Crippen molar-refractivity contribution in [1.82, 2.24) is 9.47 Å². The summed E-state index contributed by atoms with van der Waals surface area (Å²) in [6, 6.07) is 2.37. The van der Waals surface area contributed by atoms with Crippen LogP contribution >= 0.6 is 15.9 Å². The van der Waals surface area contributed by atoms with Gasteiger partial charge < -0.3 is 9.47 Å². The fraction of sp³-hybridized carbons (Fsp3) is 0.615. The molecule has 0 unspecified atom stereocenters. The predicted molar refractivity (Wildman–Crippen MR) is 72.2 cm³/mol. The van der Waals surface area contributed by atoms with E-state index in [-0.39, 0.29) is 5.91 Å². The molecule has 1 aliphatic carbocycles. The van der Waals surface area contributed by atoms with E-state index >= 15 is 0 Å². The lowest BCUT2D eigenvalue weighted by atomic mass is 9.92. The fourth-order valence-electron chi connectivity index (χ4n) is 2.20. The lowest BCUT2D eigenvalue weighted by Gasteiger charge is -2.34. The Balaban J connectivity index is 2.16. The summed E-state index contributed by atoms with van der Waals surface area (Å²) in [6.45, 7) is 3.02. The van der Waals surface area contributed by atoms with Crippen molar-refractivity contribution in [3.63, 3.8) is 0 Å². The monoisotopic (exact) mass is 298 g/mol. The van der Waals surface area contributed by atoms with Crippen molar-refractivity contribution in [2.24, 2.45) is 0 Å². The van der Waals surface area contributed by atoms with Crippen LogP contribution in [0.3, 0.4) is 0 Å². The Morgan fingerprint density at radius 2 is 2.29 bits per heavy atom. The van der Waals surface area contributed by atoms with Crippen LogP contribution in [0.1, 0.15) is 43.1 Å². The topological polar surface area (TPSA) is 25.2 Å². The zero-order valence-corrected chi connectivity index (χ0v) is 12.0. The molecule has 2 rings (SSSR count). The van der Waals surface area contributed by atoms with Gasteiger partial charge in [-0.25, -0.2) is 0 Å². The molecule has 0 aliphatic heterocycles. The lowest BCUT2D eigenvalue weighted by Crippen LogP contribution is -2.41. The number of aryl methyl sites for hydroxylation is 1. The lowest BCUT2D eigenvalue weighted by molar-refractivity contribution is 0.0641. The van der Waals surface area contributed by atoms with Gasteiger partial charge in [0, 0.05) is 30.3 Å². The zero-order valence-electron chi connectivity index (χ0n) is 10.4. The highest BCUT2D eigenvalue weighted by molar-refractivity contribution is 9.10. The van der Waals surface area contributed by atoms with Gasteiger partial charge in [-0.05, 0) is 47.7 Å². The SMILES string of the molecule is CCCn1cc(Br)cc1C(=O)N(C)C1CCC1. The predicted octanol–water partition coefficient (Wildman–Crippen LogP) is 3.29. The number of hydrogen-bond acceptors (Lipinski definition) is 1. The minimum atomic E-state index is 0.147. The highest BCUT2D eigenvalue weighted by atomic mass is 79.9. The number of carbonyl (C=O) groups excluding carboxylic acids is 1. The van der Waals surface area contributed by atoms with Crippen molar-refractivity contribution in [2.75, 3.05) is 7.05 Å². The summed E-state index contributed by atoms with van der Waals surface area (Å²) < 4.78 is 3.03. The first-order valence-electron chi connectivity index (χ1n) is 6.26. The smallest absolute Gasteiger partial charge is 0.270 e. The maximum atomic E-state index is 12.4. The van der Waals surface area contributed by atoms with E-state index in [1.54, 1.807) is 0 Å². The standard InChI is InChI=1S/C13H19BrN2O/c1-3-7-16-9-10(14)8-12(16)13(17)15(2)11-5-4-6-11/h8-9,11H,3-7H2,1-2H3. The summed E-state index contributed by atoms with van der Waals surface area (Å²) in [6.07, 6.45) is 6.58. The first-order valence-corrected chi connectivity index (χ1v) is 7.05. The number of aromatic nitrogens is 1. The molecule has 0 spiro atoms. The van der Waals surface area contributed by atoms with E-state index in [9.17, 15) is 4.79 Å². The Hall–Kier alpha value is -0.770. The number of rotatable bonds is 4. The highest BCUT2D eigenvalue weighted by Gasteiger charge is 2.27. The van der Waals surface area contributed by atoms with E-state index in [1.165, 1.54) is 6.42 Å². The molecule has 17 heavy (non-hydrogen) atoms. The van der Waals surface area contributed by atoms with Crippen molar-refractivity contribution >= 4 is 21.8 Å². The van der Waals surface area contributed by atoms with E-state index in [1.807, 2.05) is 28.8 Å². The van der Waals surface area contributed by atoms with Gasteiger partial charge in [-0.2, -0.15) is 0 Å². The van der Waals surface area contributed by atoms with E-state index in [0.29, 0.717) is 6.04 Å². The van der Waals surface area contributed by atoms with Crippen LogP contribution in [-0.2, 0) is 6.54 Å². The molecule has 1 heterocycles. The molecule has 0 bridgehead atoms.